The second kappa shape index (κ2) is 6.74. The lowest BCUT2D eigenvalue weighted by molar-refractivity contribution is -0.0236. The summed E-state index contributed by atoms with van der Waals surface area (Å²) < 4.78 is 8.22. The zero-order valence-corrected chi connectivity index (χ0v) is 16.2. The second-order valence-electron chi connectivity index (χ2n) is 8.09. The molecule has 0 spiro atoms. The number of aliphatic hydroxyl groups excluding tert-OH is 1. The Bertz CT molecular complexity index is 1000. The largest absolute Gasteiger partial charge is 0.486 e. The van der Waals surface area contributed by atoms with Crippen LogP contribution in [0.1, 0.15) is 24.2 Å². The smallest absolute Gasteiger partial charge is 0.231 e. The average Bonchev–Trinajstić information content (AvgIpc) is 3.27. The molecule has 4 heterocycles. The van der Waals surface area contributed by atoms with Gasteiger partial charge in [0.05, 0.1) is 11.8 Å². The number of hydrogen-bond acceptors (Lipinski definition) is 6. The Morgan fingerprint density at radius 1 is 1.04 bits per heavy atom. The Morgan fingerprint density at radius 2 is 1.86 bits per heavy atom. The highest BCUT2D eigenvalue weighted by Crippen LogP contribution is 2.39. The molecule has 7 nitrogen and oxygen atoms in total. The summed E-state index contributed by atoms with van der Waals surface area (Å²) in [7, 11) is 0. The first-order chi connectivity index (χ1) is 13.6. The third-order valence-electron chi connectivity index (χ3n) is 6.12. The number of aliphatic hydroxyl groups is 1. The molecule has 146 valence electrons. The maximum Gasteiger partial charge on any atom is 0.231 e. The molecule has 1 saturated heterocycles. The lowest BCUT2D eigenvalue weighted by atomic mass is 9.78. The fourth-order valence-corrected chi connectivity index (χ4v) is 4.69. The van der Waals surface area contributed by atoms with Crippen molar-refractivity contribution in [2.45, 2.75) is 38.9 Å². The number of anilines is 1. The topological polar surface area (TPSA) is 75.8 Å². The predicted octanol–water partition coefficient (Wildman–Crippen LogP) is 2.40. The van der Waals surface area contributed by atoms with Crippen molar-refractivity contribution in [2.24, 2.45) is 11.8 Å². The van der Waals surface area contributed by atoms with Crippen LogP contribution in [0.2, 0.25) is 0 Å². The Kier molecular flexibility index (Phi) is 4.19. The van der Waals surface area contributed by atoms with Gasteiger partial charge in [-0.2, -0.15) is 0 Å². The molecule has 2 aliphatic rings. The van der Waals surface area contributed by atoms with Crippen LogP contribution in [-0.2, 0) is 0 Å². The van der Waals surface area contributed by atoms with Gasteiger partial charge in [-0.1, -0.05) is 6.07 Å². The van der Waals surface area contributed by atoms with Crippen molar-refractivity contribution in [3.63, 3.8) is 0 Å². The van der Waals surface area contributed by atoms with Gasteiger partial charge in [-0.25, -0.2) is 0 Å². The fourth-order valence-electron chi connectivity index (χ4n) is 4.69. The van der Waals surface area contributed by atoms with Crippen LogP contribution in [0.3, 0.4) is 0 Å². The summed E-state index contributed by atoms with van der Waals surface area (Å²) in [4.78, 5) is 6.77. The van der Waals surface area contributed by atoms with Crippen molar-refractivity contribution in [3.05, 3.63) is 47.9 Å². The van der Waals surface area contributed by atoms with Crippen LogP contribution in [-0.4, -0.2) is 50.0 Å². The number of pyridine rings is 2. The molecule has 3 aromatic rings. The minimum absolute atomic E-state index is 0.195. The molecule has 0 amide bonds. The van der Waals surface area contributed by atoms with Gasteiger partial charge in [-0.05, 0) is 62.8 Å². The van der Waals surface area contributed by atoms with Crippen LogP contribution >= 0.6 is 0 Å². The molecule has 7 heteroatoms. The first-order valence-corrected chi connectivity index (χ1v) is 9.92. The standard InChI is InChI=1S/C21H25N5O2/c1-13-6-7-18(14(2)22-13)28-19-10-16-12-25(11-15(16)9-17(19)27)21-24-23-20-5-3-4-8-26(20)21/h3-8,15-17,19,27H,9-12H2,1-2H3/t15-,16+,17+,19+/m0/s1. The van der Waals surface area contributed by atoms with E-state index in [1.165, 1.54) is 0 Å². The fraction of sp³-hybridized carbons (Fsp3) is 0.476. The molecule has 0 aromatic carbocycles. The van der Waals surface area contributed by atoms with Gasteiger partial charge in [0.1, 0.15) is 11.9 Å². The maximum atomic E-state index is 10.7. The number of aromatic nitrogens is 4. The van der Waals surface area contributed by atoms with E-state index in [0.29, 0.717) is 11.8 Å². The molecule has 5 rings (SSSR count). The summed E-state index contributed by atoms with van der Waals surface area (Å²) in [5.41, 5.74) is 2.70. The molecule has 1 aliphatic carbocycles. The lowest BCUT2D eigenvalue weighted by Gasteiger charge is -2.35. The minimum Gasteiger partial charge on any atom is -0.486 e. The van der Waals surface area contributed by atoms with Gasteiger partial charge in [0.2, 0.25) is 5.95 Å². The van der Waals surface area contributed by atoms with E-state index in [9.17, 15) is 5.11 Å². The van der Waals surface area contributed by atoms with E-state index in [0.717, 1.165) is 54.7 Å². The molecule has 0 unspecified atom stereocenters. The highest BCUT2D eigenvalue weighted by atomic mass is 16.5. The van der Waals surface area contributed by atoms with Gasteiger partial charge in [0.15, 0.2) is 5.65 Å². The molecular weight excluding hydrogens is 354 g/mol. The SMILES string of the molecule is Cc1ccc(O[C@@H]2C[C@@H]3CN(c4nnc5ccccn45)C[C@@H]3C[C@H]2O)c(C)n1. The number of fused-ring (bicyclic) bond motifs is 2. The monoisotopic (exact) mass is 379 g/mol. The highest BCUT2D eigenvalue weighted by Gasteiger charge is 2.43. The molecule has 0 bridgehead atoms. The van der Waals surface area contributed by atoms with Crippen LogP contribution in [0.4, 0.5) is 5.95 Å². The van der Waals surface area contributed by atoms with E-state index in [4.69, 9.17) is 4.74 Å². The molecular formula is C21H25N5O2. The first-order valence-electron chi connectivity index (χ1n) is 9.92. The van der Waals surface area contributed by atoms with Crippen molar-refractivity contribution in [1.82, 2.24) is 19.6 Å². The van der Waals surface area contributed by atoms with E-state index in [1.54, 1.807) is 0 Å². The van der Waals surface area contributed by atoms with Crippen molar-refractivity contribution in [2.75, 3.05) is 18.0 Å². The summed E-state index contributed by atoms with van der Waals surface area (Å²) in [5.74, 6) is 2.58. The van der Waals surface area contributed by atoms with Gasteiger partial charge in [-0.15, -0.1) is 10.2 Å². The van der Waals surface area contributed by atoms with E-state index >= 15 is 0 Å². The average molecular weight is 379 g/mol. The molecule has 1 saturated carbocycles. The second-order valence-corrected chi connectivity index (χ2v) is 8.09. The van der Waals surface area contributed by atoms with Crippen molar-refractivity contribution in [3.8, 4) is 5.75 Å². The molecule has 1 N–H and O–H groups in total. The summed E-state index contributed by atoms with van der Waals surface area (Å²) in [6.45, 7) is 5.74. The highest BCUT2D eigenvalue weighted by molar-refractivity contribution is 5.47. The molecule has 4 atom stereocenters. The third kappa shape index (κ3) is 2.99. The van der Waals surface area contributed by atoms with E-state index < -0.39 is 6.10 Å². The molecule has 28 heavy (non-hydrogen) atoms. The Labute approximate surface area is 164 Å². The Hall–Kier alpha value is -2.67. The quantitative estimate of drug-likeness (QED) is 0.753. The summed E-state index contributed by atoms with van der Waals surface area (Å²) in [6, 6.07) is 9.84. The number of aryl methyl sites for hydroxylation is 2. The number of rotatable bonds is 3. The molecule has 0 radical (unpaired) electrons. The number of nitrogens with zero attached hydrogens (tertiary/aromatic N) is 5. The van der Waals surface area contributed by atoms with E-state index in [1.807, 2.05) is 54.8 Å². The van der Waals surface area contributed by atoms with Crippen molar-refractivity contribution in [1.29, 1.82) is 0 Å². The normalized spacial score (nSPS) is 27.2. The Balaban J connectivity index is 1.33. The molecule has 3 aromatic heterocycles. The van der Waals surface area contributed by atoms with Crippen LogP contribution in [0.15, 0.2) is 36.5 Å². The Morgan fingerprint density at radius 3 is 2.68 bits per heavy atom. The maximum absolute atomic E-state index is 10.7. The number of hydrogen-bond donors (Lipinski definition) is 1. The van der Waals surface area contributed by atoms with Crippen LogP contribution in [0.25, 0.3) is 5.65 Å². The van der Waals surface area contributed by atoms with Crippen LogP contribution < -0.4 is 9.64 Å². The van der Waals surface area contributed by atoms with Gasteiger partial charge in [-0.3, -0.25) is 9.38 Å². The predicted molar refractivity (Wildman–Crippen MR) is 106 cm³/mol. The summed E-state index contributed by atoms with van der Waals surface area (Å²) >= 11 is 0. The van der Waals surface area contributed by atoms with Crippen LogP contribution in [0, 0.1) is 25.7 Å². The lowest BCUT2D eigenvalue weighted by Crippen LogP contribution is -2.42. The van der Waals surface area contributed by atoms with Crippen molar-refractivity contribution >= 4 is 11.6 Å². The minimum atomic E-state index is -0.461. The first kappa shape index (κ1) is 17.4. The summed E-state index contributed by atoms with van der Waals surface area (Å²) in [6.07, 6.45) is 2.94. The van der Waals surface area contributed by atoms with E-state index in [2.05, 4.69) is 20.1 Å². The third-order valence-corrected chi connectivity index (χ3v) is 6.12. The van der Waals surface area contributed by atoms with Gasteiger partial charge in [0.25, 0.3) is 0 Å². The van der Waals surface area contributed by atoms with Crippen LogP contribution in [0.5, 0.6) is 5.75 Å². The van der Waals surface area contributed by atoms with Crippen molar-refractivity contribution < 1.29 is 9.84 Å². The van der Waals surface area contributed by atoms with E-state index in [-0.39, 0.29) is 6.10 Å². The van der Waals surface area contributed by atoms with Gasteiger partial charge >= 0.3 is 0 Å². The zero-order chi connectivity index (χ0) is 19.3. The summed E-state index contributed by atoms with van der Waals surface area (Å²) in [5, 5.41) is 19.4. The van der Waals surface area contributed by atoms with Gasteiger partial charge in [0, 0.05) is 25.0 Å². The molecule has 2 fully saturated rings. The zero-order valence-electron chi connectivity index (χ0n) is 16.2. The number of ether oxygens (including phenoxy) is 1. The van der Waals surface area contributed by atoms with Gasteiger partial charge < -0.3 is 14.7 Å². The molecule has 1 aliphatic heterocycles.